The molecule has 2 rings (SSSR count). The van der Waals surface area contributed by atoms with Gasteiger partial charge in [-0.2, -0.15) is 0 Å². The van der Waals surface area contributed by atoms with Crippen LogP contribution in [0.1, 0.15) is 31.5 Å². The fourth-order valence-corrected chi connectivity index (χ4v) is 1.95. The molecule has 0 bridgehead atoms. The molecule has 0 saturated heterocycles. The summed E-state index contributed by atoms with van der Waals surface area (Å²) in [6.07, 6.45) is 3.88. The monoisotopic (exact) mass is 230 g/mol. The lowest BCUT2D eigenvalue weighted by atomic mass is 9.98. The standard InChI is InChI=1S/C9H14N4O.ClH/c10-6-5-7(14)13-8(12-6)9(11)3-1-2-4-9;/h5H,1-4,11H2,(H3,10,12,13,14);1H. The number of nitrogens with two attached hydrogens (primary N) is 2. The van der Waals surface area contributed by atoms with E-state index in [2.05, 4.69) is 9.97 Å². The molecule has 1 heterocycles. The summed E-state index contributed by atoms with van der Waals surface area (Å²) >= 11 is 0. The maximum absolute atomic E-state index is 11.2. The van der Waals surface area contributed by atoms with Crippen molar-refractivity contribution in [3.8, 4) is 0 Å². The van der Waals surface area contributed by atoms with Gasteiger partial charge >= 0.3 is 0 Å². The van der Waals surface area contributed by atoms with Crippen LogP contribution in [-0.4, -0.2) is 9.97 Å². The fraction of sp³-hybridized carbons (Fsp3) is 0.556. The third kappa shape index (κ3) is 2.30. The molecule has 1 aromatic heterocycles. The highest BCUT2D eigenvalue weighted by Crippen LogP contribution is 2.33. The molecular formula is C9H15ClN4O. The minimum atomic E-state index is -0.478. The van der Waals surface area contributed by atoms with Crippen molar-refractivity contribution in [3.63, 3.8) is 0 Å². The van der Waals surface area contributed by atoms with Crippen molar-refractivity contribution in [2.75, 3.05) is 5.73 Å². The average molecular weight is 231 g/mol. The number of nitrogens with zero attached hydrogens (tertiary/aromatic N) is 1. The largest absolute Gasteiger partial charge is 0.383 e. The van der Waals surface area contributed by atoms with E-state index in [4.69, 9.17) is 11.5 Å². The van der Waals surface area contributed by atoms with Crippen molar-refractivity contribution in [2.24, 2.45) is 5.73 Å². The van der Waals surface area contributed by atoms with E-state index in [-0.39, 0.29) is 23.8 Å². The number of nitrogen functional groups attached to an aromatic ring is 1. The van der Waals surface area contributed by atoms with Crippen molar-refractivity contribution < 1.29 is 0 Å². The molecule has 5 nitrogen and oxygen atoms in total. The highest BCUT2D eigenvalue weighted by atomic mass is 35.5. The lowest BCUT2D eigenvalue weighted by Gasteiger charge is -2.21. The van der Waals surface area contributed by atoms with E-state index in [0.29, 0.717) is 5.82 Å². The van der Waals surface area contributed by atoms with Crippen LogP contribution in [-0.2, 0) is 5.54 Å². The van der Waals surface area contributed by atoms with Gasteiger partial charge in [0.1, 0.15) is 11.6 Å². The fourth-order valence-electron chi connectivity index (χ4n) is 1.95. The topological polar surface area (TPSA) is 97.8 Å². The van der Waals surface area contributed by atoms with Gasteiger partial charge in [-0.25, -0.2) is 4.98 Å². The smallest absolute Gasteiger partial charge is 0.253 e. The Labute approximate surface area is 93.7 Å². The molecule has 1 aliphatic rings. The van der Waals surface area contributed by atoms with Gasteiger partial charge in [0.2, 0.25) is 0 Å². The summed E-state index contributed by atoms with van der Waals surface area (Å²) in [6, 6.07) is 1.27. The van der Waals surface area contributed by atoms with Gasteiger partial charge in [-0.05, 0) is 12.8 Å². The van der Waals surface area contributed by atoms with E-state index in [0.717, 1.165) is 25.7 Å². The number of nitrogens with one attached hydrogen (secondary N) is 1. The molecule has 1 saturated carbocycles. The summed E-state index contributed by atoms with van der Waals surface area (Å²) in [7, 11) is 0. The van der Waals surface area contributed by atoms with Crippen LogP contribution in [0.5, 0.6) is 0 Å². The first-order valence-electron chi connectivity index (χ1n) is 4.76. The van der Waals surface area contributed by atoms with Crippen molar-refractivity contribution in [1.82, 2.24) is 9.97 Å². The normalized spacial score (nSPS) is 18.5. The Morgan fingerprint density at radius 3 is 2.53 bits per heavy atom. The van der Waals surface area contributed by atoms with Crippen LogP contribution in [0.15, 0.2) is 10.9 Å². The number of aromatic nitrogens is 2. The Bertz CT molecular complexity index is 397. The number of aromatic amines is 1. The summed E-state index contributed by atoms with van der Waals surface area (Å²) in [5.74, 6) is 0.764. The predicted octanol–water partition coefficient (Wildman–Crippen LogP) is 0.502. The molecule has 0 atom stereocenters. The molecule has 84 valence electrons. The van der Waals surface area contributed by atoms with E-state index < -0.39 is 5.54 Å². The zero-order valence-corrected chi connectivity index (χ0v) is 9.14. The van der Waals surface area contributed by atoms with Crippen LogP contribution in [0.2, 0.25) is 0 Å². The van der Waals surface area contributed by atoms with Crippen molar-refractivity contribution in [3.05, 3.63) is 22.2 Å². The van der Waals surface area contributed by atoms with Crippen LogP contribution in [0, 0.1) is 0 Å². The van der Waals surface area contributed by atoms with Crippen LogP contribution in [0.3, 0.4) is 0 Å². The SMILES string of the molecule is Cl.Nc1cc(=O)[nH]c(C2(N)CCCC2)n1. The van der Waals surface area contributed by atoms with Crippen LogP contribution >= 0.6 is 12.4 Å². The summed E-state index contributed by atoms with van der Waals surface area (Å²) in [5.41, 5.74) is 10.9. The van der Waals surface area contributed by atoms with Crippen molar-refractivity contribution in [2.45, 2.75) is 31.2 Å². The van der Waals surface area contributed by atoms with Gasteiger partial charge in [0.15, 0.2) is 0 Å². The quantitative estimate of drug-likeness (QED) is 0.655. The molecule has 1 aromatic rings. The summed E-state index contributed by atoms with van der Waals surface area (Å²) in [4.78, 5) is 17.9. The Morgan fingerprint density at radius 1 is 1.40 bits per heavy atom. The van der Waals surface area contributed by atoms with Gasteiger partial charge in [0.25, 0.3) is 5.56 Å². The van der Waals surface area contributed by atoms with Gasteiger partial charge < -0.3 is 16.5 Å². The van der Waals surface area contributed by atoms with Gasteiger partial charge in [-0.1, -0.05) is 12.8 Å². The highest BCUT2D eigenvalue weighted by Gasteiger charge is 2.33. The molecule has 1 aliphatic carbocycles. The van der Waals surface area contributed by atoms with Gasteiger partial charge in [0, 0.05) is 6.07 Å². The van der Waals surface area contributed by atoms with Gasteiger partial charge in [0.05, 0.1) is 5.54 Å². The minimum Gasteiger partial charge on any atom is -0.383 e. The van der Waals surface area contributed by atoms with E-state index >= 15 is 0 Å². The lowest BCUT2D eigenvalue weighted by molar-refractivity contribution is 0.430. The van der Waals surface area contributed by atoms with Crippen LogP contribution < -0.4 is 17.0 Å². The second kappa shape index (κ2) is 4.20. The third-order valence-corrected chi connectivity index (χ3v) is 2.73. The van der Waals surface area contributed by atoms with Gasteiger partial charge in [-0.15, -0.1) is 12.4 Å². The number of hydrogen-bond acceptors (Lipinski definition) is 4. The molecule has 5 N–H and O–H groups in total. The first-order valence-corrected chi connectivity index (χ1v) is 4.76. The minimum absolute atomic E-state index is 0. The van der Waals surface area contributed by atoms with E-state index in [1.54, 1.807) is 0 Å². The molecule has 0 unspecified atom stereocenters. The third-order valence-electron chi connectivity index (χ3n) is 2.73. The average Bonchev–Trinajstić information content (AvgIpc) is 2.52. The molecule has 0 aliphatic heterocycles. The molecule has 0 spiro atoms. The second-order valence-electron chi connectivity index (χ2n) is 3.88. The maximum Gasteiger partial charge on any atom is 0.253 e. The van der Waals surface area contributed by atoms with E-state index in [1.165, 1.54) is 6.07 Å². The molecule has 0 amide bonds. The second-order valence-corrected chi connectivity index (χ2v) is 3.88. The predicted molar refractivity (Wildman–Crippen MR) is 60.9 cm³/mol. The van der Waals surface area contributed by atoms with E-state index in [1.807, 2.05) is 0 Å². The first kappa shape index (κ1) is 12.0. The highest BCUT2D eigenvalue weighted by molar-refractivity contribution is 5.85. The Morgan fingerprint density at radius 2 is 2.00 bits per heavy atom. The maximum atomic E-state index is 11.2. The summed E-state index contributed by atoms with van der Waals surface area (Å²) in [6.45, 7) is 0. The van der Waals surface area contributed by atoms with E-state index in [9.17, 15) is 4.79 Å². The Hall–Kier alpha value is -1.07. The summed E-state index contributed by atoms with van der Waals surface area (Å²) < 4.78 is 0. The Kier molecular flexibility index (Phi) is 3.36. The number of H-pyrrole nitrogens is 1. The molecule has 6 heteroatoms. The van der Waals surface area contributed by atoms with Crippen molar-refractivity contribution >= 4 is 18.2 Å². The Balaban J connectivity index is 0.00000112. The molecular weight excluding hydrogens is 216 g/mol. The van der Waals surface area contributed by atoms with Crippen LogP contribution in [0.4, 0.5) is 5.82 Å². The molecule has 0 aromatic carbocycles. The van der Waals surface area contributed by atoms with Crippen LogP contribution in [0.25, 0.3) is 0 Å². The molecule has 0 radical (unpaired) electrons. The zero-order valence-electron chi connectivity index (χ0n) is 8.32. The summed E-state index contributed by atoms with van der Waals surface area (Å²) in [5, 5.41) is 0. The first-order chi connectivity index (χ1) is 6.60. The zero-order chi connectivity index (χ0) is 10.2. The van der Waals surface area contributed by atoms with Crippen molar-refractivity contribution in [1.29, 1.82) is 0 Å². The number of hydrogen-bond donors (Lipinski definition) is 3. The number of rotatable bonds is 1. The molecule has 1 fully saturated rings. The number of anilines is 1. The van der Waals surface area contributed by atoms with Gasteiger partial charge in [-0.3, -0.25) is 4.79 Å². The lowest BCUT2D eigenvalue weighted by Crippen LogP contribution is -2.37. The molecule has 15 heavy (non-hydrogen) atoms. The number of halogens is 1.